The molecular weight excluding hydrogens is 416 g/mol. The second kappa shape index (κ2) is 7.10. The summed E-state index contributed by atoms with van der Waals surface area (Å²) in [4.78, 5) is 28.4. The lowest BCUT2D eigenvalue weighted by atomic mass is 9.95. The van der Waals surface area contributed by atoms with Gasteiger partial charge in [0.15, 0.2) is 11.2 Å². The number of aromatic nitrogens is 1. The highest BCUT2D eigenvalue weighted by Gasteiger charge is 2.44. The van der Waals surface area contributed by atoms with Gasteiger partial charge in [0.05, 0.1) is 17.0 Å². The van der Waals surface area contributed by atoms with E-state index in [0.717, 1.165) is 11.1 Å². The number of benzene rings is 2. The summed E-state index contributed by atoms with van der Waals surface area (Å²) in [6.45, 7) is 5.97. The van der Waals surface area contributed by atoms with E-state index in [1.165, 1.54) is 4.90 Å². The number of halogens is 1. The molecule has 5 rings (SSSR count). The lowest BCUT2D eigenvalue weighted by molar-refractivity contribution is 0.0969. The molecule has 0 saturated heterocycles. The molecule has 0 unspecified atom stereocenters. The van der Waals surface area contributed by atoms with Crippen LogP contribution >= 0.6 is 11.6 Å². The van der Waals surface area contributed by atoms with Crippen LogP contribution in [-0.4, -0.2) is 11.1 Å². The molecule has 31 heavy (non-hydrogen) atoms. The molecule has 0 spiro atoms. The summed E-state index contributed by atoms with van der Waals surface area (Å²) in [5.41, 5.74) is 2.25. The molecule has 0 N–H and O–H groups in total. The molecule has 4 aromatic rings. The zero-order valence-corrected chi connectivity index (χ0v) is 17.9. The first-order valence-corrected chi connectivity index (χ1v) is 10.4. The van der Waals surface area contributed by atoms with Crippen molar-refractivity contribution in [3.63, 3.8) is 0 Å². The van der Waals surface area contributed by atoms with Crippen LogP contribution in [0, 0.1) is 6.92 Å². The maximum absolute atomic E-state index is 13.5. The van der Waals surface area contributed by atoms with Crippen molar-refractivity contribution in [1.82, 2.24) is 5.16 Å². The lowest BCUT2D eigenvalue weighted by Gasteiger charge is -2.22. The van der Waals surface area contributed by atoms with Gasteiger partial charge >= 0.3 is 0 Å². The van der Waals surface area contributed by atoms with Gasteiger partial charge in [-0.05, 0) is 42.2 Å². The first-order chi connectivity index (χ1) is 14.8. The average Bonchev–Trinajstić information content (AvgIpc) is 3.30. The highest BCUT2D eigenvalue weighted by molar-refractivity contribution is 6.31. The Hall–Kier alpha value is -3.38. The van der Waals surface area contributed by atoms with Gasteiger partial charge in [0.2, 0.25) is 5.76 Å². The van der Waals surface area contributed by atoms with Gasteiger partial charge in [-0.3, -0.25) is 14.5 Å². The van der Waals surface area contributed by atoms with E-state index < -0.39 is 11.9 Å². The van der Waals surface area contributed by atoms with Crippen LogP contribution in [0.15, 0.2) is 62.3 Å². The third-order valence-corrected chi connectivity index (χ3v) is 5.85. The minimum atomic E-state index is -0.687. The summed E-state index contributed by atoms with van der Waals surface area (Å²) in [5, 5.41) is 4.79. The number of fused-ring (bicyclic) bond motifs is 2. The first-order valence-electron chi connectivity index (χ1n) is 9.98. The molecule has 1 aliphatic heterocycles. The second-order valence-corrected chi connectivity index (χ2v) is 8.45. The van der Waals surface area contributed by atoms with Crippen LogP contribution in [0.2, 0.25) is 5.02 Å². The third kappa shape index (κ3) is 3.06. The first kappa shape index (κ1) is 19.6. The molecule has 156 valence electrons. The Morgan fingerprint density at radius 2 is 1.81 bits per heavy atom. The maximum atomic E-state index is 13.5. The Kier molecular flexibility index (Phi) is 4.48. The van der Waals surface area contributed by atoms with E-state index in [0.29, 0.717) is 33.5 Å². The second-order valence-electron chi connectivity index (χ2n) is 8.01. The van der Waals surface area contributed by atoms with Gasteiger partial charge in [0.25, 0.3) is 5.91 Å². The maximum Gasteiger partial charge on any atom is 0.296 e. The van der Waals surface area contributed by atoms with Crippen molar-refractivity contribution < 1.29 is 13.7 Å². The van der Waals surface area contributed by atoms with E-state index in [-0.39, 0.29) is 16.8 Å². The molecule has 2 aromatic heterocycles. The summed E-state index contributed by atoms with van der Waals surface area (Å²) < 4.78 is 11.1. The van der Waals surface area contributed by atoms with Crippen molar-refractivity contribution in [3.05, 3.63) is 92.0 Å². The third-order valence-electron chi connectivity index (χ3n) is 5.61. The fourth-order valence-corrected chi connectivity index (χ4v) is 4.20. The Bertz CT molecular complexity index is 1390. The van der Waals surface area contributed by atoms with E-state index in [4.69, 9.17) is 20.5 Å². The standard InChI is InChI=1S/C24H19ClN2O4/c1-12(2)14-4-6-15(7-5-14)21-20-22(28)17-11-16(25)8-9-18(17)30-23(20)24(29)27(21)19-10-13(3)31-26-19/h4-12,21H,1-3H3/t21-/m0/s1. The minimum Gasteiger partial charge on any atom is -0.450 e. The molecule has 1 aliphatic rings. The van der Waals surface area contributed by atoms with E-state index in [1.807, 2.05) is 24.3 Å². The predicted octanol–water partition coefficient (Wildman–Crippen LogP) is 5.62. The molecule has 3 heterocycles. The summed E-state index contributed by atoms with van der Waals surface area (Å²) in [6.07, 6.45) is 0. The van der Waals surface area contributed by atoms with Crippen LogP contribution in [0.25, 0.3) is 11.0 Å². The van der Waals surface area contributed by atoms with Crippen LogP contribution in [0.3, 0.4) is 0 Å². The van der Waals surface area contributed by atoms with Crippen molar-refractivity contribution in [2.45, 2.75) is 32.7 Å². The number of hydrogen-bond acceptors (Lipinski definition) is 5. The van der Waals surface area contributed by atoms with Gasteiger partial charge < -0.3 is 8.94 Å². The number of amides is 1. The number of hydrogen-bond donors (Lipinski definition) is 0. The fourth-order valence-electron chi connectivity index (χ4n) is 4.03. The van der Waals surface area contributed by atoms with E-state index in [1.54, 1.807) is 31.2 Å². The van der Waals surface area contributed by atoms with Gasteiger partial charge in [-0.1, -0.05) is 54.9 Å². The molecule has 0 bridgehead atoms. The van der Waals surface area contributed by atoms with Gasteiger partial charge in [0.1, 0.15) is 11.3 Å². The van der Waals surface area contributed by atoms with Gasteiger partial charge in [-0.2, -0.15) is 0 Å². The normalized spacial score (nSPS) is 15.8. The van der Waals surface area contributed by atoms with Crippen molar-refractivity contribution in [2.75, 3.05) is 4.90 Å². The van der Waals surface area contributed by atoms with Crippen LogP contribution in [-0.2, 0) is 0 Å². The topological polar surface area (TPSA) is 76.6 Å². The van der Waals surface area contributed by atoms with E-state index >= 15 is 0 Å². The summed E-state index contributed by atoms with van der Waals surface area (Å²) in [7, 11) is 0. The van der Waals surface area contributed by atoms with Crippen molar-refractivity contribution in [1.29, 1.82) is 0 Å². The summed E-state index contributed by atoms with van der Waals surface area (Å²) in [5.74, 6) is 0.822. The van der Waals surface area contributed by atoms with Crippen LogP contribution < -0.4 is 10.3 Å². The monoisotopic (exact) mass is 434 g/mol. The van der Waals surface area contributed by atoms with Gasteiger partial charge in [0, 0.05) is 11.1 Å². The molecule has 7 heteroatoms. The molecule has 0 fully saturated rings. The molecule has 1 atom stereocenters. The van der Waals surface area contributed by atoms with Crippen LogP contribution in [0.4, 0.5) is 5.82 Å². The Morgan fingerprint density at radius 3 is 2.45 bits per heavy atom. The van der Waals surface area contributed by atoms with Crippen molar-refractivity contribution in [3.8, 4) is 0 Å². The highest BCUT2D eigenvalue weighted by Crippen LogP contribution is 2.41. The SMILES string of the molecule is Cc1cc(N2C(=O)c3oc4ccc(Cl)cc4c(=O)c3[C@@H]2c2ccc(C(C)C)cc2)no1. The van der Waals surface area contributed by atoms with E-state index in [9.17, 15) is 9.59 Å². The fraction of sp³-hybridized carbons (Fsp3) is 0.208. The Balaban J connectivity index is 1.78. The predicted molar refractivity (Wildman–Crippen MR) is 118 cm³/mol. The summed E-state index contributed by atoms with van der Waals surface area (Å²) >= 11 is 6.12. The molecule has 0 aliphatic carbocycles. The van der Waals surface area contributed by atoms with Gasteiger partial charge in [-0.15, -0.1) is 0 Å². The largest absolute Gasteiger partial charge is 0.450 e. The Labute approximate surface area is 183 Å². The number of carbonyl (C=O) groups excluding carboxylic acids is 1. The molecule has 0 saturated carbocycles. The molecule has 6 nitrogen and oxygen atoms in total. The van der Waals surface area contributed by atoms with E-state index in [2.05, 4.69) is 19.0 Å². The van der Waals surface area contributed by atoms with Crippen molar-refractivity contribution >= 4 is 34.3 Å². The summed E-state index contributed by atoms with van der Waals surface area (Å²) in [6, 6.07) is 13.7. The molecule has 1 amide bonds. The smallest absolute Gasteiger partial charge is 0.296 e. The lowest BCUT2D eigenvalue weighted by Crippen LogP contribution is -2.29. The Morgan fingerprint density at radius 1 is 1.06 bits per heavy atom. The quantitative estimate of drug-likeness (QED) is 0.418. The van der Waals surface area contributed by atoms with Crippen LogP contribution in [0.5, 0.6) is 0 Å². The molecular formula is C24H19ClN2O4. The highest BCUT2D eigenvalue weighted by atomic mass is 35.5. The molecule has 0 radical (unpaired) electrons. The zero-order valence-electron chi connectivity index (χ0n) is 17.2. The number of nitrogens with zero attached hydrogens (tertiary/aromatic N) is 2. The minimum absolute atomic E-state index is 0.0124. The number of anilines is 1. The van der Waals surface area contributed by atoms with Gasteiger partial charge in [-0.25, -0.2) is 0 Å². The number of carbonyl (C=O) groups is 1. The zero-order chi connectivity index (χ0) is 21.9. The molecule has 2 aromatic carbocycles. The van der Waals surface area contributed by atoms with Crippen molar-refractivity contribution in [2.24, 2.45) is 0 Å². The average molecular weight is 435 g/mol. The number of aryl methyl sites for hydroxylation is 1. The van der Waals surface area contributed by atoms with Crippen LogP contribution in [0.1, 0.15) is 58.8 Å². The number of rotatable bonds is 3.